The Morgan fingerprint density at radius 1 is 0.789 bits per heavy atom. The molecule has 8 heteroatoms. The molecule has 0 unspecified atom stereocenters. The Morgan fingerprint density at radius 3 is 1.32 bits per heavy atom. The third kappa shape index (κ3) is 4.86. The van der Waals surface area contributed by atoms with Gasteiger partial charge in [0.25, 0.3) is 0 Å². The Bertz CT molecular complexity index is 487. The fourth-order valence-electron chi connectivity index (χ4n) is 1.10. The highest BCUT2D eigenvalue weighted by Gasteiger charge is 2.13. The van der Waals surface area contributed by atoms with Gasteiger partial charge < -0.3 is 20.4 Å². The number of benzene rings is 1. The zero-order valence-electron chi connectivity index (χ0n) is 9.65. The molecule has 0 radical (unpaired) electrons. The molecule has 0 aliphatic rings. The van der Waals surface area contributed by atoms with Crippen molar-refractivity contribution in [2.45, 2.75) is 6.92 Å². The van der Waals surface area contributed by atoms with E-state index < -0.39 is 23.9 Å². The number of aromatic carboxylic acids is 2. The minimum Gasteiger partial charge on any atom is -0.478 e. The number of carboxylic acid groups (broad SMARTS) is 4. The molecule has 0 atom stereocenters. The monoisotopic (exact) mass is 270 g/mol. The normalized spacial score (nSPS) is 8.89. The molecule has 4 N–H and O–H groups in total. The third-order valence-electron chi connectivity index (χ3n) is 1.98. The van der Waals surface area contributed by atoms with Gasteiger partial charge in [-0.3, -0.25) is 0 Å². The molecule has 0 aliphatic carbocycles. The van der Waals surface area contributed by atoms with E-state index in [2.05, 4.69) is 0 Å². The van der Waals surface area contributed by atoms with Gasteiger partial charge in [-0.1, -0.05) is 6.07 Å². The second-order valence-corrected chi connectivity index (χ2v) is 3.20. The minimum atomic E-state index is -1.82. The van der Waals surface area contributed by atoms with Crippen molar-refractivity contribution in [2.24, 2.45) is 0 Å². The van der Waals surface area contributed by atoms with E-state index in [9.17, 15) is 9.59 Å². The molecule has 19 heavy (non-hydrogen) atoms. The number of aliphatic carboxylic acids is 2. The summed E-state index contributed by atoms with van der Waals surface area (Å²) in [7, 11) is 0. The zero-order chi connectivity index (χ0) is 15.2. The lowest BCUT2D eigenvalue weighted by Gasteiger charge is -2.03. The summed E-state index contributed by atoms with van der Waals surface area (Å²) in [4.78, 5) is 39.4. The second-order valence-electron chi connectivity index (χ2n) is 3.20. The number of carbonyl (C=O) groups is 4. The predicted molar refractivity (Wildman–Crippen MR) is 60.4 cm³/mol. The van der Waals surface area contributed by atoms with E-state index in [-0.39, 0.29) is 16.7 Å². The first kappa shape index (κ1) is 16.1. The molecule has 0 heterocycles. The summed E-state index contributed by atoms with van der Waals surface area (Å²) < 4.78 is 0. The lowest BCUT2D eigenvalue weighted by atomic mass is 10.0. The summed E-state index contributed by atoms with van der Waals surface area (Å²) >= 11 is 0. The number of hydrogen-bond acceptors (Lipinski definition) is 4. The summed E-state index contributed by atoms with van der Waals surface area (Å²) in [5, 5.41) is 32.1. The lowest BCUT2D eigenvalue weighted by molar-refractivity contribution is -0.159. The van der Waals surface area contributed by atoms with Crippen LogP contribution in [0.15, 0.2) is 18.2 Å². The van der Waals surface area contributed by atoms with E-state index in [0.29, 0.717) is 0 Å². The van der Waals surface area contributed by atoms with E-state index in [1.54, 1.807) is 0 Å². The molecule has 102 valence electrons. The van der Waals surface area contributed by atoms with Crippen LogP contribution in [0.3, 0.4) is 0 Å². The Morgan fingerprint density at radius 2 is 1.11 bits per heavy atom. The van der Waals surface area contributed by atoms with Crippen LogP contribution in [-0.4, -0.2) is 44.3 Å². The van der Waals surface area contributed by atoms with Crippen LogP contribution in [0.4, 0.5) is 0 Å². The van der Waals surface area contributed by atoms with Crippen LogP contribution in [0.25, 0.3) is 0 Å². The van der Waals surface area contributed by atoms with Crippen LogP contribution in [0.2, 0.25) is 0 Å². The number of rotatable bonds is 2. The molecule has 0 saturated carbocycles. The average Bonchev–Trinajstić information content (AvgIpc) is 2.29. The third-order valence-corrected chi connectivity index (χ3v) is 1.98. The Labute approximate surface area is 106 Å². The molecule has 8 nitrogen and oxygen atoms in total. The standard InChI is InChI=1S/C9H8O4.C2H2O4/c1-5-6(8(10)11)3-2-4-7(5)9(12)13;3-1(4)2(5)6/h2-4H,1H3,(H,10,11)(H,12,13);(H,3,4)(H,5,6). The molecule has 0 fully saturated rings. The first-order valence-electron chi connectivity index (χ1n) is 4.70. The molecule has 1 aromatic rings. The molecule has 0 bridgehead atoms. The maximum Gasteiger partial charge on any atom is 0.414 e. The summed E-state index contributed by atoms with van der Waals surface area (Å²) in [5.74, 6) is -5.87. The fourth-order valence-corrected chi connectivity index (χ4v) is 1.10. The van der Waals surface area contributed by atoms with E-state index in [4.69, 9.17) is 30.0 Å². The van der Waals surface area contributed by atoms with Gasteiger partial charge in [0.2, 0.25) is 0 Å². The van der Waals surface area contributed by atoms with Crippen molar-refractivity contribution in [3.8, 4) is 0 Å². The maximum absolute atomic E-state index is 10.6. The first-order valence-corrected chi connectivity index (χ1v) is 4.70. The van der Waals surface area contributed by atoms with Crippen molar-refractivity contribution < 1.29 is 39.6 Å². The zero-order valence-corrected chi connectivity index (χ0v) is 9.65. The SMILES string of the molecule is Cc1c(C(=O)O)cccc1C(=O)O.O=C(O)C(=O)O. The summed E-state index contributed by atoms with van der Waals surface area (Å²) in [6.07, 6.45) is 0. The smallest absolute Gasteiger partial charge is 0.414 e. The average molecular weight is 270 g/mol. The molecule has 0 saturated heterocycles. The van der Waals surface area contributed by atoms with E-state index in [0.717, 1.165) is 0 Å². The summed E-state index contributed by atoms with van der Waals surface area (Å²) in [6.45, 7) is 1.48. The fraction of sp³-hybridized carbons (Fsp3) is 0.0909. The first-order chi connectivity index (χ1) is 8.68. The molecule has 1 rings (SSSR count). The van der Waals surface area contributed by atoms with Gasteiger partial charge in [0.15, 0.2) is 0 Å². The van der Waals surface area contributed by atoms with Crippen LogP contribution in [0, 0.1) is 6.92 Å². The molecule has 0 aromatic heterocycles. The predicted octanol–water partition coefficient (Wildman–Crippen LogP) is 0.547. The van der Waals surface area contributed by atoms with E-state index in [1.807, 2.05) is 0 Å². The van der Waals surface area contributed by atoms with Gasteiger partial charge in [-0.25, -0.2) is 19.2 Å². The van der Waals surface area contributed by atoms with Gasteiger partial charge in [-0.2, -0.15) is 0 Å². The van der Waals surface area contributed by atoms with Gasteiger partial charge in [0.1, 0.15) is 0 Å². The van der Waals surface area contributed by atoms with Crippen LogP contribution >= 0.6 is 0 Å². The summed E-state index contributed by atoms with van der Waals surface area (Å²) in [5.41, 5.74) is 0.335. The molecule has 1 aromatic carbocycles. The van der Waals surface area contributed by atoms with Crippen molar-refractivity contribution in [3.05, 3.63) is 34.9 Å². The highest BCUT2D eigenvalue weighted by molar-refractivity contribution is 6.27. The Kier molecular flexibility index (Phi) is 5.71. The lowest BCUT2D eigenvalue weighted by Crippen LogP contribution is -2.09. The van der Waals surface area contributed by atoms with Crippen molar-refractivity contribution in [2.75, 3.05) is 0 Å². The van der Waals surface area contributed by atoms with E-state index in [1.165, 1.54) is 25.1 Å². The van der Waals surface area contributed by atoms with Gasteiger partial charge in [-0.05, 0) is 24.6 Å². The topological polar surface area (TPSA) is 149 Å². The van der Waals surface area contributed by atoms with Gasteiger partial charge in [0.05, 0.1) is 11.1 Å². The van der Waals surface area contributed by atoms with Crippen molar-refractivity contribution >= 4 is 23.9 Å². The van der Waals surface area contributed by atoms with Crippen molar-refractivity contribution in [3.63, 3.8) is 0 Å². The largest absolute Gasteiger partial charge is 0.478 e. The van der Waals surface area contributed by atoms with Gasteiger partial charge >= 0.3 is 23.9 Å². The molecular weight excluding hydrogens is 260 g/mol. The quantitative estimate of drug-likeness (QED) is 0.569. The number of carboxylic acids is 4. The van der Waals surface area contributed by atoms with Crippen LogP contribution in [0.1, 0.15) is 26.3 Å². The molecular formula is C11H10O8. The van der Waals surface area contributed by atoms with Crippen LogP contribution < -0.4 is 0 Å². The minimum absolute atomic E-state index is 0.0277. The van der Waals surface area contributed by atoms with E-state index >= 15 is 0 Å². The van der Waals surface area contributed by atoms with Crippen molar-refractivity contribution in [1.82, 2.24) is 0 Å². The highest BCUT2D eigenvalue weighted by Crippen LogP contribution is 2.13. The van der Waals surface area contributed by atoms with Gasteiger partial charge in [-0.15, -0.1) is 0 Å². The number of hydrogen-bond donors (Lipinski definition) is 4. The molecule has 0 aliphatic heterocycles. The van der Waals surface area contributed by atoms with Crippen molar-refractivity contribution in [1.29, 1.82) is 0 Å². The highest BCUT2D eigenvalue weighted by atomic mass is 16.4. The Balaban J connectivity index is 0.000000459. The van der Waals surface area contributed by atoms with Gasteiger partial charge in [0, 0.05) is 0 Å². The Hall–Kier alpha value is -2.90. The second kappa shape index (κ2) is 6.74. The maximum atomic E-state index is 10.6. The van der Waals surface area contributed by atoms with Crippen LogP contribution in [0.5, 0.6) is 0 Å². The molecule has 0 amide bonds. The van der Waals surface area contributed by atoms with Crippen LogP contribution in [-0.2, 0) is 9.59 Å². The summed E-state index contributed by atoms with van der Waals surface area (Å²) in [6, 6.07) is 4.17. The molecule has 0 spiro atoms.